The molecule has 1 fully saturated rings. The molecule has 0 unspecified atom stereocenters. The molecule has 2 aromatic carbocycles. The number of benzene rings is 2. The summed E-state index contributed by atoms with van der Waals surface area (Å²) in [5.74, 6) is 0.476. The Labute approximate surface area is 177 Å². The lowest BCUT2D eigenvalue weighted by Gasteiger charge is -2.12. The van der Waals surface area contributed by atoms with Crippen LogP contribution < -0.4 is 10.1 Å². The summed E-state index contributed by atoms with van der Waals surface area (Å²) in [6.45, 7) is 2.56. The number of thioether (sulfide) groups is 1. The van der Waals surface area contributed by atoms with E-state index in [1.165, 1.54) is 5.56 Å². The highest BCUT2D eigenvalue weighted by Gasteiger charge is 2.25. The predicted octanol–water partition coefficient (Wildman–Crippen LogP) is 5.11. The monoisotopic (exact) mass is 577 g/mol. The van der Waals surface area contributed by atoms with E-state index in [4.69, 9.17) is 4.74 Å². The molecule has 1 aliphatic rings. The van der Waals surface area contributed by atoms with Crippen LogP contribution in [0.1, 0.15) is 16.7 Å². The molecular formula is C18H13I2NO3S. The van der Waals surface area contributed by atoms with E-state index in [2.05, 4.69) is 69.6 Å². The summed E-state index contributed by atoms with van der Waals surface area (Å²) in [6.07, 6.45) is 1.72. The second kappa shape index (κ2) is 8.09. The van der Waals surface area contributed by atoms with Gasteiger partial charge in [-0.2, -0.15) is 0 Å². The summed E-state index contributed by atoms with van der Waals surface area (Å²) in [4.78, 5) is 23.3. The van der Waals surface area contributed by atoms with E-state index < -0.39 is 0 Å². The van der Waals surface area contributed by atoms with E-state index in [1.54, 1.807) is 6.08 Å². The van der Waals surface area contributed by atoms with Crippen LogP contribution in [0.15, 0.2) is 41.3 Å². The van der Waals surface area contributed by atoms with Crippen molar-refractivity contribution in [3.63, 3.8) is 0 Å². The Morgan fingerprint density at radius 1 is 1.16 bits per heavy atom. The van der Waals surface area contributed by atoms with E-state index in [9.17, 15) is 9.59 Å². The van der Waals surface area contributed by atoms with Crippen molar-refractivity contribution in [2.45, 2.75) is 13.5 Å². The zero-order chi connectivity index (χ0) is 18.0. The molecule has 1 N–H and O–H groups in total. The first-order chi connectivity index (χ1) is 11.9. The second-order valence-corrected chi connectivity index (χ2v) is 8.78. The molecule has 0 radical (unpaired) electrons. The first-order valence-electron chi connectivity index (χ1n) is 7.34. The van der Waals surface area contributed by atoms with Crippen molar-refractivity contribution in [2.75, 3.05) is 0 Å². The molecule has 2 aromatic rings. The number of aryl methyl sites for hydroxylation is 1. The maximum absolute atomic E-state index is 11.7. The zero-order valence-electron chi connectivity index (χ0n) is 13.1. The molecule has 3 rings (SSSR count). The largest absolute Gasteiger partial charge is 0.487 e. The SMILES string of the molecule is Cc1cccc(COc2c(I)cc(/C=C3/SC(=O)NC3=O)cc2I)c1. The average molecular weight is 577 g/mol. The fourth-order valence-corrected chi connectivity index (χ4v) is 5.14. The Kier molecular flexibility index (Phi) is 6.05. The highest BCUT2D eigenvalue weighted by molar-refractivity contribution is 14.1. The molecule has 0 saturated carbocycles. The van der Waals surface area contributed by atoms with E-state index in [0.29, 0.717) is 11.5 Å². The lowest BCUT2D eigenvalue weighted by atomic mass is 10.1. The maximum atomic E-state index is 11.7. The zero-order valence-corrected chi connectivity index (χ0v) is 18.3. The Bertz CT molecular complexity index is 873. The van der Waals surface area contributed by atoms with Crippen molar-refractivity contribution in [2.24, 2.45) is 0 Å². The van der Waals surface area contributed by atoms with Gasteiger partial charge >= 0.3 is 0 Å². The van der Waals surface area contributed by atoms with Gasteiger partial charge in [-0.15, -0.1) is 0 Å². The van der Waals surface area contributed by atoms with Crippen molar-refractivity contribution in [1.29, 1.82) is 0 Å². The summed E-state index contributed by atoms with van der Waals surface area (Å²) in [5, 5.41) is 1.92. The van der Waals surface area contributed by atoms with Crippen LogP contribution in [0.3, 0.4) is 0 Å². The van der Waals surface area contributed by atoms with Gasteiger partial charge in [0.1, 0.15) is 12.4 Å². The van der Waals surface area contributed by atoms with Crippen LogP contribution in [0.5, 0.6) is 5.75 Å². The van der Waals surface area contributed by atoms with Gasteiger partial charge < -0.3 is 4.74 Å². The van der Waals surface area contributed by atoms with Crippen LogP contribution in [-0.2, 0) is 11.4 Å². The van der Waals surface area contributed by atoms with Gasteiger partial charge in [0.25, 0.3) is 11.1 Å². The van der Waals surface area contributed by atoms with E-state index in [-0.39, 0.29) is 11.1 Å². The van der Waals surface area contributed by atoms with Gasteiger partial charge in [-0.25, -0.2) is 0 Å². The predicted molar refractivity (Wildman–Crippen MR) is 116 cm³/mol. The topological polar surface area (TPSA) is 55.4 Å². The third-order valence-electron chi connectivity index (χ3n) is 3.43. The lowest BCUT2D eigenvalue weighted by molar-refractivity contribution is -0.115. The molecule has 1 aliphatic heterocycles. The fourth-order valence-electron chi connectivity index (χ4n) is 2.33. The van der Waals surface area contributed by atoms with Crippen molar-refractivity contribution in [3.8, 4) is 5.75 Å². The fraction of sp³-hybridized carbons (Fsp3) is 0.111. The molecule has 1 saturated heterocycles. The molecule has 25 heavy (non-hydrogen) atoms. The number of halogens is 2. The molecule has 0 aromatic heterocycles. The highest BCUT2D eigenvalue weighted by Crippen LogP contribution is 2.32. The Morgan fingerprint density at radius 2 is 1.88 bits per heavy atom. The summed E-state index contributed by atoms with van der Waals surface area (Å²) >= 11 is 5.37. The summed E-state index contributed by atoms with van der Waals surface area (Å²) in [6, 6.07) is 12.1. The van der Waals surface area contributed by atoms with E-state index in [0.717, 1.165) is 35.8 Å². The maximum Gasteiger partial charge on any atom is 0.290 e. The number of imide groups is 1. The average Bonchev–Trinajstić information content (AvgIpc) is 2.84. The van der Waals surface area contributed by atoms with Gasteiger partial charge in [0.15, 0.2) is 0 Å². The minimum absolute atomic E-state index is 0.334. The number of amides is 2. The third kappa shape index (κ3) is 4.76. The van der Waals surface area contributed by atoms with Crippen molar-refractivity contribution in [3.05, 3.63) is 65.1 Å². The van der Waals surface area contributed by atoms with Crippen LogP contribution in [0.2, 0.25) is 0 Å². The van der Waals surface area contributed by atoms with Crippen molar-refractivity contribution < 1.29 is 14.3 Å². The van der Waals surface area contributed by atoms with E-state index in [1.807, 2.05) is 24.3 Å². The van der Waals surface area contributed by atoms with Gasteiger partial charge in [0.05, 0.1) is 12.0 Å². The number of carbonyl (C=O) groups excluding carboxylic acids is 2. The van der Waals surface area contributed by atoms with Crippen molar-refractivity contribution in [1.82, 2.24) is 5.32 Å². The molecule has 128 valence electrons. The number of rotatable bonds is 4. The van der Waals surface area contributed by atoms with Crippen LogP contribution >= 0.6 is 56.9 Å². The minimum atomic E-state index is -0.347. The van der Waals surface area contributed by atoms with Gasteiger partial charge in [-0.1, -0.05) is 29.8 Å². The van der Waals surface area contributed by atoms with Gasteiger partial charge in [0.2, 0.25) is 0 Å². The summed E-state index contributed by atoms with van der Waals surface area (Å²) < 4.78 is 7.91. The molecular weight excluding hydrogens is 564 g/mol. The van der Waals surface area contributed by atoms with Gasteiger partial charge in [0, 0.05) is 0 Å². The molecule has 2 amide bonds. The number of carbonyl (C=O) groups is 2. The Balaban J connectivity index is 1.80. The second-order valence-electron chi connectivity index (χ2n) is 5.44. The highest BCUT2D eigenvalue weighted by atomic mass is 127. The Hall–Kier alpha value is -1.07. The normalized spacial score (nSPS) is 15.6. The van der Waals surface area contributed by atoms with Crippen molar-refractivity contribution >= 4 is 74.2 Å². The number of nitrogens with one attached hydrogen (secondary N) is 1. The van der Waals surface area contributed by atoms with Crippen LogP contribution in [-0.4, -0.2) is 11.1 Å². The standard InChI is InChI=1S/C18H13I2NO3S/c1-10-3-2-4-11(5-10)9-24-16-13(19)6-12(7-14(16)20)8-15-17(22)21-18(23)25-15/h2-8H,9H2,1H3,(H,21,22,23)/b15-8+. The molecule has 0 bridgehead atoms. The van der Waals surface area contributed by atoms with Gasteiger partial charge in [-0.3, -0.25) is 14.9 Å². The quantitative estimate of drug-likeness (QED) is 0.406. The summed E-state index contributed by atoms with van der Waals surface area (Å²) in [7, 11) is 0. The van der Waals surface area contributed by atoms with Gasteiger partial charge in [-0.05, 0) is 93.2 Å². The third-order valence-corrected chi connectivity index (χ3v) is 5.84. The molecule has 7 heteroatoms. The minimum Gasteiger partial charge on any atom is -0.487 e. The molecule has 0 aliphatic carbocycles. The lowest BCUT2D eigenvalue weighted by Crippen LogP contribution is -2.17. The number of hydrogen-bond donors (Lipinski definition) is 1. The smallest absolute Gasteiger partial charge is 0.290 e. The van der Waals surface area contributed by atoms with Crippen LogP contribution in [0.25, 0.3) is 6.08 Å². The molecule has 0 spiro atoms. The number of ether oxygens (including phenoxy) is 1. The summed E-state index contributed by atoms with van der Waals surface area (Å²) in [5.41, 5.74) is 3.19. The van der Waals surface area contributed by atoms with Crippen LogP contribution in [0.4, 0.5) is 4.79 Å². The number of hydrogen-bond acceptors (Lipinski definition) is 4. The molecule has 0 atom stereocenters. The molecule has 1 heterocycles. The van der Waals surface area contributed by atoms with E-state index >= 15 is 0 Å². The first-order valence-corrected chi connectivity index (χ1v) is 10.3. The van der Waals surface area contributed by atoms with Crippen LogP contribution in [0, 0.1) is 14.1 Å². The molecule has 4 nitrogen and oxygen atoms in total. The Morgan fingerprint density at radius 3 is 2.48 bits per heavy atom. The first kappa shape index (κ1) is 18.7.